The van der Waals surface area contributed by atoms with Crippen LogP contribution >= 0.6 is 0 Å². The van der Waals surface area contributed by atoms with E-state index in [1.54, 1.807) is 0 Å². The van der Waals surface area contributed by atoms with E-state index in [4.69, 9.17) is 0 Å². The van der Waals surface area contributed by atoms with E-state index in [-0.39, 0.29) is 16.7 Å². The molecule has 1 aromatic carbocycles. The second-order valence-electron chi connectivity index (χ2n) is 6.88. The third-order valence-electron chi connectivity index (χ3n) is 2.69. The van der Waals surface area contributed by atoms with E-state index in [9.17, 15) is 4.79 Å². The lowest BCUT2D eigenvalue weighted by molar-refractivity contribution is 0.0858. The average molecular weight is 247 g/mol. The molecule has 18 heavy (non-hydrogen) atoms. The lowest BCUT2D eigenvalue weighted by Crippen LogP contribution is -2.35. The van der Waals surface area contributed by atoms with E-state index in [0.717, 1.165) is 17.7 Å². The quantitative estimate of drug-likeness (QED) is 0.823. The zero-order chi connectivity index (χ0) is 14.0. The normalized spacial score (nSPS) is 12.6. The number of ketones is 1. The van der Waals surface area contributed by atoms with Gasteiger partial charge in [0.25, 0.3) is 0 Å². The van der Waals surface area contributed by atoms with Crippen molar-refractivity contribution in [2.45, 2.75) is 53.6 Å². The minimum Gasteiger partial charge on any atom is -0.308 e. The van der Waals surface area contributed by atoms with Gasteiger partial charge in [-0.2, -0.15) is 0 Å². The Morgan fingerprint density at radius 1 is 1.11 bits per heavy atom. The summed E-state index contributed by atoms with van der Waals surface area (Å²) >= 11 is 0. The number of hydrogen-bond donors (Lipinski definition) is 1. The number of rotatable bonds is 3. The third-order valence-corrected chi connectivity index (χ3v) is 2.69. The molecule has 0 unspecified atom stereocenters. The summed E-state index contributed by atoms with van der Waals surface area (Å²) < 4.78 is 0. The number of carbonyl (C=O) groups is 1. The SMILES string of the molecule is CC(C)(C)NCc1cccc(C(=O)C(C)(C)C)c1. The van der Waals surface area contributed by atoms with Gasteiger partial charge < -0.3 is 5.32 Å². The van der Waals surface area contributed by atoms with Crippen molar-refractivity contribution in [3.05, 3.63) is 35.4 Å². The maximum atomic E-state index is 12.2. The van der Waals surface area contributed by atoms with Crippen LogP contribution in [0.2, 0.25) is 0 Å². The first-order valence-corrected chi connectivity index (χ1v) is 6.48. The fourth-order valence-corrected chi connectivity index (χ4v) is 1.62. The van der Waals surface area contributed by atoms with Crippen molar-refractivity contribution in [3.63, 3.8) is 0 Å². The summed E-state index contributed by atoms with van der Waals surface area (Å²) in [6.45, 7) is 13.1. The summed E-state index contributed by atoms with van der Waals surface area (Å²) in [5, 5.41) is 3.43. The Balaban J connectivity index is 2.84. The van der Waals surface area contributed by atoms with Crippen LogP contribution in [0.3, 0.4) is 0 Å². The van der Waals surface area contributed by atoms with Crippen LogP contribution in [0.5, 0.6) is 0 Å². The highest BCUT2D eigenvalue weighted by Gasteiger charge is 2.22. The van der Waals surface area contributed by atoms with Gasteiger partial charge in [0.15, 0.2) is 5.78 Å². The first-order valence-electron chi connectivity index (χ1n) is 6.48. The van der Waals surface area contributed by atoms with Gasteiger partial charge >= 0.3 is 0 Å². The molecule has 0 amide bonds. The van der Waals surface area contributed by atoms with Crippen molar-refractivity contribution >= 4 is 5.78 Å². The van der Waals surface area contributed by atoms with Gasteiger partial charge in [-0.05, 0) is 32.4 Å². The van der Waals surface area contributed by atoms with Crippen molar-refractivity contribution in [1.29, 1.82) is 0 Å². The molecule has 0 spiro atoms. The molecule has 2 heteroatoms. The van der Waals surface area contributed by atoms with Gasteiger partial charge in [0, 0.05) is 23.1 Å². The van der Waals surface area contributed by atoms with Gasteiger partial charge in [0.1, 0.15) is 0 Å². The van der Waals surface area contributed by atoms with E-state index >= 15 is 0 Å². The molecule has 0 aliphatic rings. The zero-order valence-corrected chi connectivity index (χ0v) is 12.4. The van der Waals surface area contributed by atoms with Gasteiger partial charge in [0.2, 0.25) is 0 Å². The molecule has 1 N–H and O–H groups in total. The smallest absolute Gasteiger partial charge is 0.168 e. The van der Waals surface area contributed by atoms with Crippen molar-refractivity contribution in [2.75, 3.05) is 0 Å². The first kappa shape index (κ1) is 14.9. The maximum Gasteiger partial charge on any atom is 0.168 e. The average Bonchev–Trinajstić information content (AvgIpc) is 2.23. The number of hydrogen-bond acceptors (Lipinski definition) is 2. The van der Waals surface area contributed by atoms with Crippen LogP contribution in [0, 0.1) is 5.41 Å². The molecule has 0 fully saturated rings. The fraction of sp³-hybridized carbons (Fsp3) is 0.562. The van der Waals surface area contributed by atoms with Gasteiger partial charge in [0.05, 0.1) is 0 Å². The minimum absolute atomic E-state index is 0.0873. The van der Waals surface area contributed by atoms with Crippen molar-refractivity contribution in [3.8, 4) is 0 Å². The van der Waals surface area contributed by atoms with Crippen molar-refractivity contribution in [2.24, 2.45) is 5.41 Å². The molecule has 1 rings (SSSR count). The summed E-state index contributed by atoms with van der Waals surface area (Å²) in [5.74, 6) is 0.195. The Kier molecular flexibility index (Phi) is 4.33. The summed E-state index contributed by atoms with van der Waals surface area (Å²) in [5.41, 5.74) is 1.72. The van der Waals surface area contributed by atoms with E-state index in [1.807, 2.05) is 39.0 Å². The van der Waals surface area contributed by atoms with Gasteiger partial charge in [-0.3, -0.25) is 4.79 Å². The Bertz CT molecular complexity index is 421. The highest BCUT2D eigenvalue weighted by Crippen LogP contribution is 2.21. The predicted molar refractivity (Wildman–Crippen MR) is 76.8 cm³/mol. The third kappa shape index (κ3) is 4.61. The lowest BCUT2D eigenvalue weighted by Gasteiger charge is -2.21. The van der Waals surface area contributed by atoms with Crippen molar-refractivity contribution < 1.29 is 4.79 Å². The van der Waals surface area contributed by atoms with Crippen LogP contribution in [0.4, 0.5) is 0 Å². The summed E-state index contributed by atoms with van der Waals surface area (Å²) in [6, 6.07) is 7.90. The highest BCUT2D eigenvalue weighted by atomic mass is 16.1. The van der Waals surface area contributed by atoms with Crippen LogP contribution in [-0.2, 0) is 6.54 Å². The van der Waals surface area contributed by atoms with Crippen LogP contribution in [0.1, 0.15) is 57.5 Å². The number of Topliss-reactive ketones (excluding diaryl/α,β-unsaturated/α-hetero) is 1. The number of benzene rings is 1. The van der Waals surface area contributed by atoms with Crippen LogP contribution in [-0.4, -0.2) is 11.3 Å². The molecule has 0 aliphatic carbocycles. The van der Waals surface area contributed by atoms with E-state index in [1.165, 1.54) is 0 Å². The number of nitrogens with one attached hydrogen (secondary N) is 1. The molecule has 0 heterocycles. The second-order valence-corrected chi connectivity index (χ2v) is 6.88. The number of carbonyl (C=O) groups excluding carboxylic acids is 1. The Labute approximate surface area is 111 Å². The van der Waals surface area contributed by atoms with Crippen molar-refractivity contribution in [1.82, 2.24) is 5.32 Å². The monoisotopic (exact) mass is 247 g/mol. The zero-order valence-electron chi connectivity index (χ0n) is 12.4. The molecule has 0 saturated heterocycles. The highest BCUT2D eigenvalue weighted by molar-refractivity contribution is 5.99. The molecule has 0 atom stereocenters. The largest absolute Gasteiger partial charge is 0.308 e. The topological polar surface area (TPSA) is 29.1 Å². The Hall–Kier alpha value is -1.15. The van der Waals surface area contributed by atoms with Crippen LogP contribution in [0.15, 0.2) is 24.3 Å². The van der Waals surface area contributed by atoms with E-state index < -0.39 is 0 Å². The van der Waals surface area contributed by atoms with E-state index in [2.05, 4.69) is 32.2 Å². The standard InChI is InChI=1S/C16H25NO/c1-15(2,3)14(18)13-9-7-8-12(10-13)11-17-16(4,5)6/h7-10,17H,11H2,1-6H3. The van der Waals surface area contributed by atoms with Gasteiger partial charge in [-0.15, -0.1) is 0 Å². The second kappa shape index (κ2) is 5.23. The van der Waals surface area contributed by atoms with Crippen LogP contribution in [0.25, 0.3) is 0 Å². The predicted octanol–water partition coefficient (Wildman–Crippen LogP) is 3.80. The first-order chi connectivity index (χ1) is 8.09. The molecule has 1 aromatic rings. The summed E-state index contributed by atoms with van der Waals surface area (Å²) in [4.78, 5) is 12.2. The molecule has 0 bridgehead atoms. The van der Waals surface area contributed by atoms with Crippen LogP contribution < -0.4 is 5.32 Å². The molecule has 0 aromatic heterocycles. The molecular formula is C16H25NO. The fourth-order valence-electron chi connectivity index (χ4n) is 1.62. The molecule has 0 aliphatic heterocycles. The van der Waals surface area contributed by atoms with Gasteiger partial charge in [-0.1, -0.05) is 39.0 Å². The molecule has 2 nitrogen and oxygen atoms in total. The molecular weight excluding hydrogens is 222 g/mol. The summed E-state index contributed by atoms with van der Waals surface area (Å²) in [6.07, 6.45) is 0. The maximum absolute atomic E-state index is 12.2. The molecule has 100 valence electrons. The summed E-state index contributed by atoms with van der Waals surface area (Å²) in [7, 11) is 0. The molecule has 0 saturated carbocycles. The van der Waals surface area contributed by atoms with E-state index in [0.29, 0.717) is 0 Å². The Morgan fingerprint density at radius 3 is 2.22 bits per heavy atom. The lowest BCUT2D eigenvalue weighted by atomic mass is 9.86. The molecule has 0 radical (unpaired) electrons. The minimum atomic E-state index is -0.323. The Morgan fingerprint density at radius 2 is 1.72 bits per heavy atom. The van der Waals surface area contributed by atoms with Gasteiger partial charge in [-0.25, -0.2) is 0 Å².